The minimum atomic E-state index is -1.09. The monoisotopic (exact) mass is 422 g/mol. The summed E-state index contributed by atoms with van der Waals surface area (Å²) in [5.41, 5.74) is 1.99. The predicted molar refractivity (Wildman–Crippen MR) is 114 cm³/mol. The van der Waals surface area contributed by atoms with Crippen LogP contribution >= 0.6 is 0 Å². The Morgan fingerprint density at radius 1 is 0.968 bits per heavy atom. The normalized spacial score (nSPS) is 20.1. The van der Waals surface area contributed by atoms with Gasteiger partial charge in [0.25, 0.3) is 11.8 Å². The number of likely N-dealkylation sites (tertiary alicyclic amines) is 1. The van der Waals surface area contributed by atoms with Crippen LogP contribution in [0.1, 0.15) is 44.7 Å². The third kappa shape index (κ3) is 3.81. The van der Waals surface area contributed by atoms with Crippen LogP contribution in [0, 0.1) is 13.8 Å². The molecule has 2 fully saturated rings. The highest BCUT2D eigenvalue weighted by Gasteiger charge is 2.54. The fourth-order valence-corrected chi connectivity index (χ4v) is 4.43. The molecule has 162 valence electrons. The average molecular weight is 422 g/mol. The number of hydrogen-bond donors (Lipinski definition) is 1. The van der Waals surface area contributed by atoms with Crippen LogP contribution in [0.15, 0.2) is 48.5 Å². The maximum atomic E-state index is 13.3. The number of ether oxygens (including phenoxy) is 1. The van der Waals surface area contributed by atoms with Crippen molar-refractivity contribution < 1.29 is 24.2 Å². The first-order valence-corrected chi connectivity index (χ1v) is 10.4. The van der Waals surface area contributed by atoms with E-state index in [1.807, 2.05) is 50.2 Å². The van der Waals surface area contributed by atoms with E-state index in [1.54, 1.807) is 17.0 Å². The van der Waals surface area contributed by atoms with Crippen LogP contribution in [0.4, 0.5) is 0 Å². The van der Waals surface area contributed by atoms with E-state index >= 15 is 0 Å². The molecule has 2 saturated heterocycles. The minimum Gasteiger partial charge on any atom is -0.480 e. The van der Waals surface area contributed by atoms with E-state index in [9.17, 15) is 19.5 Å². The van der Waals surface area contributed by atoms with Gasteiger partial charge in [-0.15, -0.1) is 0 Å². The Kier molecular flexibility index (Phi) is 5.54. The van der Waals surface area contributed by atoms with Crippen molar-refractivity contribution in [1.82, 2.24) is 9.80 Å². The van der Waals surface area contributed by atoms with E-state index < -0.39 is 17.7 Å². The summed E-state index contributed by atoms with van der Waals surface area (Å²) in [5.74, 6) is -1.50. The van der Waals surface area contributed by atoms with Crippen LogP contribution < -0.4 is 0 Å². The van der Waals surface area contributed by atoms with Gasteiger partial charge in [0, 0.05) is 37.1 Å². The zero-order chi connectivity index (χ0) is 22.2. The molecule has 0 saturated carbocycles. The first kappa shape index (κ1) is 21.1. The van der Waals surface area contributed by atoms with Gasteiger partial charge in [-0.05, 0) is 37.6 Å². The quantitative estimate of drug-likeness (QED) is 0.822. The number of piperidine rings is 1. The van der Waals surface area contributed by atoms with Crippen molar-refractivity contribution in [2.45, 2.75) is 38.5 Å². The second-order valence-corrected chi connectivity index (χ2v) is 8.26. The zero-order valence-electron chi connectivity index (χ0n) is 17.7. The molecule has 2 aromatic carbocycles. The summed E-state index contributed by atoms with van der Waals surface area (Å²) in [6.45, 7) is 4.54. The molecular formula is C24H26N2O5. The number of amides is 2. The molecule has 2 aliphatic heterocycles. The van der Waals surface area contributed by atoms with Gasteiger partial charge in [-0.2, -0.15) is 0 Å². The molecule has 1 spiro atoms. The first-order chi connectivity index (χ1) is 14.8. The lowest BCUT2D eigenvalue weighted by molar-refractivity contribution is -0.143. The predicted octanol–water partition coefficient (Wildman–Crippen LogP) is 2.86. The van der Waals surface area contributed by atoms with Gasteiger partial charge in [-0.25, -0.2) is 4.79 Å². The number of benzene rings is 2. The van der Waals surface area contributed by atoms with Crippen molar-refractivity contribution in [2.24, 2.45) is 0 Å². The van der Waals surface area contributed by atoms with Crippen LogP contribution in [0.5, 0.6) is 0 Å². The Morgan fingerprint density at radius 3 is 2.23 bits per heavy atom. The van der Waals surface area contributed by atoms with Crippen molar-refractivity contribution >= 4 is 17.8 Å². The van der Waals surface area contributed by atoms with Gasteiger partial charge in [0.15, 0.2) is 6.04 Å². The number of aryl methyl sites for hydroxylation is 2. The van der Waals surface area contributed by atoms with Crippen LogP contribution in [-0.4, -0.2) is 64.2 Å². The molecule has 2 aromatic rings. The van der Waals surface area contributed by atoms with Crippen molar-refractivity contribution in [1.29, 1.82) is 0 Å². The molecule has 0 aromatic heterocycles. The number of carbonyl (C=O) groups excluding carboxylic acids is 2. The van der Waals surface area contributed by atoms with E-state index in [2.05, 4.69) is 0 Å². The number of rotatable bonds is 3. The van der Waals surface area contributed by atoms with Gasteiger partial charge < -0.3 is 14.7 Å². The third-order valence-corrected chi connectivity index (χ3v) is 6.27. The average Bonchev–Trinajstić information content (AvgIpc) is 3.13. The summed E-state index contributed by atoms with van der Waals surface area (Å²) in [6.07, 6.45) is 0.734. The van der Waals surface area contributed by atoms with Gasteiger partial charge in [-0.3, -0.25) is 14.5 Å². The van der Waals surface area contributed by atoms with E-state index in [4.69, 9.17) is 4.74 Å². The summed E-state index contributed by atoms with van der Waals surface area (Å²) in [5, 5.41) is 9.72. The first-order valence-electron chi connectivity index (χ1n) is 10.4. The number of hydrogen-bond acceptors (Lipinski definition) is 4. The number of carboxylic acids is 1. The van der Waals surface area contributed by atoms with Crippen molar-refractivity contribution in [3.05, 3.63) is 70.8 Å². The summed E-state index contributed by atoms with van der Waals surface area (Å²) in [4.78, 5) is 41.3. The smallest absolute Gasteiger partial charge is 0.328 e. The second kappa shape index (κ2) is 8.15. The summed E-state index contributed by atoms with van der Waals surface area (Å²) < 4.78 is 5.98. The lowest BCUT2D eigenvalue weighted by Gasteiger charge is -2.44. The Hall–Kier alpha value is -3.19. The maximum Gasteiger partial charge on any atom is 0.328 e. The Labute approximate surface area is 181 Å². The Morgan fingerprint density at radius 2 is 1.61 bits per heavy atom. The molecule has 4 rings (SSSR count). The molecule has 0 unspecified atom stereocenters. The summed E-state index contributed by atoms with van der Waals surface area (Å²) in [7, 11) is 0. The molecule has 31 heavy (non-hydrogen) atoms. The summed E-state index contributed by atoms with van der Waals surface area (Å²) in [6, 6.07) is 13.5. The lowest BCUT2D eigenvalue weighted by Crippen LogP contribution is -2.58. The SMILES string of the molecule is Cc1ccc(C(=O)N2[C@H](C(=O)O)COC23CCN(C(=O)c2ccccc2C)CC3)cc1. The number of carboxylic acid groups (broad SMARTS) is 1. The molecule has 1 atom stereocenters. The van der Waals surface area contributed by atoms with E-state index in [1.165, 1.54) is 4.90 Å². The van der Waals surface area contributed by atoms with E-state index in [0.717, 1.165) is 11.1 Å². The highest BCUT2D eigenvalue weighted by molar-refractivity contribution is 5.98. The highest BCUT2D eigenvalue weighted by atomic mass is 16.5. The van der Waals surface area contributed by atoms with Crippen LogP contribution in [0.3, 0.4) is 0 Å². The molecule has 1 N–H and O–H groups in total. The molecule has 2 aliphatic rings. The summed E-state index contributed by atoms with van der Waals surface area (Å²) >= 11 is 0. The van der Waals surface area contributed by atoms with Gasteiger partial charge in [0.1, 0.15) is 5.72 Å². The Balaban J connectivity index is 1.57. The fraction of sp³-hybridized carbons (Fsp3) is 0.375. The van der Waals surface area contributed by atoms with Gasteiger partial charge in [0.2, 0.25) is 0 Å². The maximum absolute atomic E-state index is 13.3. The highest BCUT2D eigenvalue weighted by Crippen LogP contribution is 2.38. The van der Waals surface area contributed by atoms with E-state index in [-0.39, 0.29) is 18.4 Å². The van der Waals surface area contributed by atoms with Crippen molar-refractivity contribution in [2.75, 3.05) is 19.7 Å². The molecule has 2 amide bonds. The Bertz CT molecular complexity index is 1010. The number of aliphatic carboxylic acids is 1. The number of carbonyl (C=O) groups is 3. The minimum absolute atomic E-state index is 0.0569. The molecular weight excluding hydrogens is 396 g/mol. The van der Waals surface area contributed by atoms with E-state index in [0.29, 0.717) is 37.1 Å². The van der Waals surface area contributed by atoms with Crippen molar-refractivity contribution in [3.8, 4) is 0 Å². The molecule has 7 nitrogen and oxygen atoms in total. The molecule has 0 aliphatic carbocycles. The largest absolute Gasteiger partial charge is 0.480 e. The van der Waals surface area contributed by atoms with Crippen LogP contribution in [0.25, 0.3) is 0 Å². The molecule has 0 radical (unpaired) electrons. The van der Waals surface area contributed by atoms with Gasteiger partial charge in [0.05, 0.1) is 6.61 Å². The van der Waals surface area contributed by atoms with Crippen LogP contribution in [0.2, 0.25) is 0 Å². The third-order valence-electron chi connectivity index (χ3n) is 6.27. The topological polar surface area (TPSA) is 87.2 Å². The molecule has 7 heteroatoms. The zero-order valence-corrected chi connectivity index (χ0v) is 17.7. The fourth-order valence-electron chi connectivity index (χ4n) is 4.43. The molecule has 2 heterocycles. The van der Waals surface area contributed by atoms with Crippen molar-refractivity contribution in [3.63, 3.8) is 0 Å². The second-order valence-electron chi connectivity index (χ2n) is 8.26. The van der Waals surface area contributed by atoms with Gasteiger partial charge in [-0.1, -0.05) is 35.9 Å². The lowest BCUT2D eigenvalue weighted by atomic mass is 9.95. The number of nitrogens with zero attached hydrogens (tertiary/aromatic N) is 2. The standard InChI is InChI=1S/C24H26N2O5/c1-16-7-9-18(10-8-16)21(27)26-20(23(29)30)15-31-24(26)11-13-25(14-12-24)22(28)19-6-4-3-5-17(19)2/h3-10,20H,11-15H2,1-2H3,(H,29,30)/t20-/m0/s1. The van der Waals surface area contributed by atoms with Gasteiger partial charge >= 0.3 is 5.97 Å². The molecule has 0 bridgehead atoms. The van der Waals surface area contributed by atoms with Crippen LogP contribution in [-0.2, 0) is 9.53 Å².